The van der Waals surface area contributed by atoms with Crippen molar-refractivity contribution in [2.75, 3.05) is 20.1 Å². The van der Waals surface area contributed by atoms with Crippen molar-refractivity contribution in [3.8, 4) is 0 Å². The van der Waals surface area contributed by atoms with Crippen molar-refractivity contribution in [3.05, 3.63) is 0 Å². The number of hydrogen-bond acceptors (Lipinski definition) is 2. The van der Waals surface area contributed by atoms with Crippen LogP contribution in [0.3, 0.4) is 0 Å². The fourth-order valence-electron chi connectivity index (χ4n) is 1.72. The Hall–Kier alpha value is -0.370. The van der Waals surface area contributed by atoms with Crippen LogP contribution >= 0.6 is 0 Å². The molecular formula is C9H17NO. The zero-order valence-electron chi connectivity index (χ0n) is 7.47. The van der Waals surface area contributed by atoms with Crippen molar-refractivity contribution < 1.29 is 4.79 Å². The van der Waals surface area contributed by atoms with Gasteiger partial charge in [0.2, 0.25) is 0 Å². The Balaban J connectivity index is 2.39. The predicted molar refractivity (Wildman–Crippen MR) is 45.5 cm³/mol. The van der Waals surface area contributed by atoms with E-state index in [9.17, 15) is 4.79 Å². The van der Waals surface area contributed by atoms with Gasteiger partial charge in [-0.05, 0) is 26.4 Å². The van der Waals surface area contributed by atoms with Gasteiger partial charge in [-0.1, -0.05) is 6.92 Å². The van der Waals surface area contributed by atoms with E-state index < -0.39 is 0 Å². The fourth-order valence-corrected chi connectivity index (χ4v) is 1.72. The third-order valence-electron chi connectivity index (χ3n) is 2.43. The van der Waals surface area contributed by atoms with Gasteiger partial charge in [-0.2, -0.15) is 0 Å². The zero-order chi connectivity index (χ0) is 8.27. The number of Topliss-reactive ketones (excluding diaryl/α,β-unsaturated/α-hetero) is 1. The summed E-state index contributed by atoms with van der Waals surface area (Å²) in [6.07, 6.45) is 3.00. The summed E-state index contributed by atoms with van der Waals surface area (Å²) < 4.78 is 0. The van der Waals surface area contributed by atoms with Crippen LogP contribution < -0.4 is 0 Å². The van der Waals surface area contributed by atoms with Crippen LogP contribution in [0, 0.1) is 5.92 Å². The largest absolute Gasteiger partial charge is 0.306 e. The molecule has 1 aliphatic heterocycles. The van der Waals surface area contributed by atoms with Crippen LogP contribution in [0.15, 0.2) is 0 Å². The van der Waals surface area contributed by atoms with Gasteiger partial charge in [-0.3, -0.25) is 4.79 Å². The number of carbonyl (C=O) groups excluding carboxylic acids is 1. The summed E-state index contributed by atoms with van der Waals surface area (Å²) in [7, 11) is 2.09. The summed E-state index contributed by atoms with van der Waals surface area (Å²) in [6.45, 7) is 4.09. The van der Waals surface area contributed by atoms with E-state index in [-0.39, 0.29) is 0 Å². The molecule has 11 heavy (non-hydrogen) atoms. The molecule has 1 atom stereocenters. The van der Waals surface area contributed by atoms with Gasteiger partial charge >= 0.3 is 0 Å². The average molecular weight is 155 g/mol. The van der Waals surface area contributed by atoms with Gasteiger partial charge in [-0.15, -0.1) is 0 Å². The molecule has 1 aliphatic rings. The number of ketones is 1. The lowest BCUT2D eigenvalue weighted by molar-refractivity contribution is -0.124. The smallest absolute Gasteiger partial charge is 0.136 e. The Labute approximate surface area is 68.6 Å². The number of hydrogen-bond donors (Lipinski definition) is 0. The molecule has 0 spiro atoms. The number of carbonyl (C=O) groups is 1. The topological polar surface area (TPSA) is 20.3 Å². The van der Waals surface area contributed by atoms with Crippen LogP contribution in [0.4, 0.5) is 0 Å². The number of rotatable bonds is 2. The molecule has 0 saturated carbocycles. The maximum atomic E-state index is 11.3. The Bertz CT molecular complexity index is 144. The predicted octanol–water partition coefficient (Wildman–Crippen LogP) is 1.31. The van der Waals surface area contributed by atoms with E-state index in [0.29, 0.717) is 18.1 Å². The molecular weight excluding hydrogens is 138 g/mol. The van der Waals surface area contributed by atoms with Crippen molar-refractivity contribution in [1.82, 2.24) is 4.90 Å². The van der Waals surface area contributed by atoms with E-state index >= 15 is 0 Å². The van der Waals surface area contributed by atoms with Gasteiger partial charge in [0.15, 0.2) is 0 Å². The third kappa shape index (κ3) is 2.29. The second kappa shape index (κ2) is 3.86. The van der Waals surface area contributed by atoms with Crippen LogP contribution in [0.25, 0.3) is 0 Å². The number of piperidine rings is 1. The Kier molecular flexibility index (Phi) is 3.06. The molecule has 1 fully saturated rings. The van der Waals surface area contributed by atoms with E-state index in [1.165, 1.54) is 6.42 Å². The van der Waals surface area contributed by atoms with Crippen LogP contribution in [-0.4, -0.2) is 30.8 Å². The summed E-state index contributed by atoms with van der Waals surface area (Å²) in [5, 5.41) is 0. The van der Waals surface area contributed by atoms with Gasteiger partial charge in [-0.25, -0.2) is 0 Å². The first-order valence-electron chi connectivity index (χ1n) is 4.45. The van der Waals surface area contributed by atoms with E-state index in [4.69, 9.17) is 0 Å². The fraction of sp³-hybridized carbons (Fsp3) is 0.889. The molecule has 1 rings (SSSR count). The summed E-state index contributed by atoms with van der Waals surface area (Å²) in [6, 6.07) is 0. The first-order valence-corrected chi connectivity index (χ1v) is 4.45. The van der Waals surface area contributed by atoms with E-state index in [2.05, 4.69) is 11.9 Å². The monoisotopic (exact) mass is 155 g/mol. The normalized spacial score (nSPS) is 26.9. The van der Waals surface area contributed by atoms with Gasteiger partial charge in [0.1, 0.15) is 5.78 Å². The highest BCUT2D eigenvalue weighted by atomic mass is 16.1. The molecule has 0 amide bonds. The molecule has 0 aliphatic carbocycles. The van der Waals surface area contributed by atoms with Gasteiger partial charge in [0.05, 0.1) is 0 Å². The highest BCUT2D eigenvalue weighted by Crippen LogP contribution is 2.16. The molecule has 0 aromatic rings. The van der Waals surface area contributed by atoms with Crippen LogP contribution in [0.2, 0.25) is 0 Å². The molecule has 0 unspecified atom stereocenters. The number of nitrogens with zero attached hydrogens (tertiary/aromatic N) is 1. The number of likely N-dealkylation sites (tertiary alicyclic amines) is 1. The van der Waals surface area contributed by atoms with Crippen molar-refractivity contribution in [1.29, 1.82) is 0 Å². The average Bonchev–Trinajstić information content (AvgIpc) is 2.03. The highest BCUT2D eigenvalue weighted by molar-refractivity contribution is 5.80. The minimum atomic E-state index is 0.332. The SMILES string of the molecule is CCC(=O)[C@@H]1CCCN(C)C1. The molecule has 0 N–H and O–H groups in total. The molecule has 0 radical (unpaired) electrons. The molecule has 0 aromatic carbocycles. The van der Waals surface area contributed by atoms with Gasteiger partial charge in [0.25, 0.3) is 0 Å². The zero-order valence-corrected chi connectivity index (χ0v) is 7.47. The summed E-state index contributed by atoms with van der Waals surface area (Å²) >= 11 is 0. The molecule has 2 heteroatoms. The van der Waals surface area contributed by atoms with Crippen molar-refractivity contribution >= 4 is 5.78 Å². The molecule has 1 heterocycles. The quantitative estimate of drug-likeness (QED) is 0.599. The van der Waals surface area contributed by atoms with Crippen LogP contribution in [0.1, 0.15) is 26.2 Å². The third-order valence-corrected chi connectivity index (χ3v) is 2.43. The lowest BCUT2D eigenvalue weighted by Gasteiger charge is -2.28. The van der Waals surface area contributed by atoms with Crippen LogP contribution in [0.5, 0.6) is 0 Å². The maximum absolute atomic E-state index is 11.3. The standard InChI is InChI=1S/C9H17NO/c1-3-9(11)8-5-4-6-10(2)7-8/h8H,3-7H2,1-2H3/t8-/m1/s1. The first kappa shape index (κ1) is 8.72. The summed E-state index contributed by atoms with van der Waals surface area (Å²) in [5.74, 6) is 0.773. The molecule has 0 aromatic heterocycles. The Morgan fingerprint density at radius 1 is 1.64 bits per heavy atom. The highest BCUT2D eigenvalue weighted by Gasteiger charge is 2.21. The van der Waals surface area contributed by atoms with Crippen molar-refractivity contribution in [2.45, 2.75) is 26.2 Å². The maximum Gasteiger partial charge on any atom is 0.136 e. The lowest BCUT2D eigenvalue weighted by atomic mass is 9.93. The van der Waals surface area contributed by atoms with Crippen LogP contribution in [-0.2, 0) is 4.79 Å². The summed E-state index contributed by atoms with van der Waals surface area (Å²) in [4.78, 5) is 13.5. The summed E-state index contributed by atoms with van der Waals surface area (Å²) in [5.41, 5.74) is 0. The van der Waals surface area contributed by atoms with Crippen molar-refractivity contribution in [3.63, 3.8) is 0 Å². The first-order chi connectivity index (χ1) is 5.24. The minimum Gasteiger partial charge on any atom is -0.306 e. The Morgan fingerprint density at radius 3 is 2.91 bits per heavy atom. The molecule has 64 valence electrons. The Morgan fingerprint density at radius 2 is 2.36 bits per heavy atom. The van der Waals surface area contributed by atoms with Crippen molar-refractivity contribution in [2.24, 2.45) is 5.92 Å². The molecule has 0 bridgehead atoms. The van der Waals surface area contributed by atoms with E-state index in [1.807, 2.05) is 6.92 Å². The van der Waals surface area contributed by atoms with E-state index in [1.54, 1.807) is 0 Å². The van der Waals surface area contributed by atoms with E-state index in [0.717, 1.165) is 19.5 Å². The second-order valence-corrected chi connectivity index (χ2v) is 3.42. The second-order valence-electron chi connectivity index (χ2n) is 3.42. The molecule has 1 saturated heterocycles. The minimum absolute atomic E-state index is 0.332. The lowest BCUT2D eigenvalue weighted by Crippen LogP contribution is -2.35. The van der Waals surface area contributed by atoms with Gasteiger partial charge < -0.3 is 4.90 Å². The van der Waals surface area contributed by atoms with Gasteiger partial charge in [0, 0.05) is 18.9 Å². The molecule has 2 nitrogen and oxygen atoms in total.